The first-order valence-electron chi connectivity index (χ1n) is 6.42. The highest BCUT2D eigenvalue weighted by Crippen LogP contribution is 2.39. The van der Waals surface area contributed by atoms with Gasteiger partial charge in [0.2, 0.25) is 0 Å². The molecule has 0 atom stereocenters. The molecule has 0 spiro atoms. The van der Waals surface area contributed by atoms with Crippen molar-refractivity contribution in [3.05, 3.63) is 29.8 Å². The van der Waals surface area contributed by atoms with Crippen LogP contribution in [-0.2, 0) is 6.42 Å². The second kappa shape index (κ2) is 7.10. The Balaban J connectivity index is 0.000000415. The first-order chi connectivity index (χ1) is 9.27. The highest BCUT2D eigenvalue weighted by molar-refractivity contribution is 6.15. The summed E-state index contributed by atoms with van der Waals surface area (Å²) in [5, 5.41) is 15.0. The lowest BCUT2D eigenvalue weighted by Crippen LogP contribution is -1.91. The Morgan fingerprint density at radius 2 is 1.95 bits per heavy atom. The Morgan fingerprint density at radius 3 is 2.63 bits per heavy atom. The molecule has 2 aromatic carbocycles. The van der Waals surface area contributed by atoms with Crippen LogP contribution in [0, 0.1) is 0 Å². The molecule has 0 aromatic heterocycles. The molecule has 4 heteroatoms. The van der Waals surface area contributed by atoms with Gasteiger partial charge in [-0.3, -0.25) is 0 Å². The summed E-state index contributed by atoms with van der Waals surface area (Å²) in [4.78, 5) is 0. The molecule has 1 aliphatic rings. The van der Waals surface area contributed by atoms with Crippen molar-refractivity contribution in [2.75, 3.05) is 24.0 Å². The Morgan fingerprint density at radius 1 is 1.26 bits per heavy atom. The molecule has 0 radical (unpaired) electrons. The number of halogens is 1. The van der Waals surface area contributed by atoms with Crippen LogP contribution in [0.3, 0.4) is 0 Å². The first kappa shape index (κ1) is 15.4. The summed E-state index contributed by atoms with van der Waals surface area (Å²) in [6.45, 7) is 4.92. The van der Waals surface area contributed by atoms with Crippen LogP contribution in [0.5, 0.6) is 5.75 Å². The Kier molecular flexibility index (Phi) is 5.77. The van der Waals surface area contributed by atoms with E-state index in [-0.39, 0.29) is 0 Å². The molecule has 3 nitrogen and oxygen atoms in total. The number of phenolic OH excluding ortho intramolecular Hbond substituents is 1. The van der Waals surface area contributed by atoms with Crippen molar-refractivity contribution in [2.24, 2.45) is 0 Å². The molecule has 19 heavy (non-hydrogen) atoms. The molecule has 0 amide bonds. The van der Waals surface area contributed by atoms with E-state index < -0.39 is 0 Å². The van der Waals surface area contributed by atoms with Gasteiger partial charge in [0.15, 0.2) is 0 Å². The average molecular weight is 281 g/mol. The van der Waals surface area contributed by atoms with Gasteiger partial charge in [-0.2, -0.15) is 0 Å². The fourth-order valence-corrected chi connectivity index (χ4v) is 2.30. The maximum atomic E-state index is 9.86. The van der Waals surface area contributed by atoms with Crippen molar-refractivity contribution in [1.29, 1.82) is 0 Å². The zero-order valence-electron chi connectivity index (χ0n) is 11.6. The monoisotopic (exact) mass is 280 g/mol. The number of aromatic hydroxyl groups is 1. The van der Waals surface area contributed by atoms with Gasteiger partial charge in [0.1, 0.15) is 5.75 Å². The minimum Gasteiger partial charge on any atom is -0.507 e. The molecule has 0 fully saturated rings. The number of nitrogen functional groups attached to an aromatic ring is 1. The van der Waals surface area contributed by atoms with E-state index in [1.54, 1.807) is 6.07 Å². The number of nitrogens with one attached hydrogen (secondary N) is 1. The third-order valence-electron chi connectivity index (χ3n) is 2.97. The zero-order valence-corrected chi connectivity index (χ0v) is 12.4. The molecule has 0 bridgehead atoms. The number of benzene rings is 2. The van der Waals surface area contributed by atoms with Gasteiger partial charge in [-0.25, -0.2) is 0 Å². The lowest BCUT2D eigenvalue weighted by Gasteiger charge is -2.09. The fourth-order valence-electron chi connectivity index (χ4n) is 2.30. The minimum absolute atomic E-state index is 0.297. The van der Waals surface area contributed by atoms with Crippen molar-refractivity contribution >= 4 is 33.7 Å². The van der Waals surface area contributed by atoms with E-state index in [4.69, 9.17) is 5.73 Å². The minimum atomic E-state index is 0.297. The Hall–Kier alpha value is -1.61. The Labute approximate surface area is 119 Å². The number of alkyl halides is 1. The highest BCUT2D eigenvalue weighted by Gasteiger charge is 2.17. The number of nitrogens with two attached hydrogens (primary N) is 1. The smallest absolute Gasteiger partial charge is 0.125 e. The van der Waals surface area contributed by atoms with Gasteiger partial charge in [0.25, 0.3) is 0 Å². The van der Waals surface area contributed by atoms with Gasteiger partial charge in [0.05, 0.1) is 0 Å². The van der Waals surface area contributed by atoms with Crippen molar-refractivity contribution in [3.63, 3.8) is 0 Å². The SMILES string of the molecule is CC.CCl.Nc1cccc2c(O)cc3c(c12)CCN3. The van der Waals surface area contributed by atoms with Gasteiger partial charge in [0, 0.05) is 41.1 Å². The van der Waals surface area contributed by atoms with Gasteiger partial charge < -0.3 is 16.2 Å². The van der Waals surface area contributed by atoms with Crippen LogP contribution >= 0.6 is 11.6 Å². The second-order valence-electron chi connectivity index (χ2n) is 3.87. The Bertz CT molecular complexity index is 555. The van der Waals surface area contributed by atoms with E-state index in [1.165, 1.54) is 11.9 Å². The van der Waals surface area contributed by atoms with Crippen LogP contribution in [-0.4, -0.2) is 18.0 Å². The first-order valence-corrected chi connectivity index (χ1v) is 7.17. The van der Waals surface area contributed by atoms with Crippen LogP contribution in [0.4, 0.5) is 11.4 Å². The van der Waals surface area contributed by atoms with Crippen LogP contribution in [0.1, 0.15) is 19.4 Å². The van der Waals surface area contributed by atoms with E-state index >= 15 is 0 Å². The summed E-state index contributed by atoms with van der Waals surface area (Å²) in [6, 6.07) is 7.43. The second-order valence-corrected chi connectivity index (χ2v) is 3.87. The van der Waals surface area contributed by atoms with Crippen LogP contribution in [0.2, 0.25) is 0 Å². The van der Waals surface area contributed by atoms with Gasteiger partial charge in [-0.1, -0.05) is 26.0 Å². The molecule has 0 saturated heterocycles. The normalized spacial score (nSPS) is 11.6. The van der Waals surface area contributed by atoms with E-state index in [0.717, 1.165) is 35.1 Å². The predicted molar refractivity (Wildman–Crippen MR) is 85.3 cm³/mol. The van der Waals surface area contributed by atoms with E-state index in [0.29, 0.717) is 5.75 Å². The van der Waals surface area contributed by atoms with E-state index in [1.807, 2.05) is 32.0 Å². The van der Waals surface area contributed by atoms with Crippen molar-refractivity contribution in [1.82, 2.24) is 0 Å². The molecule has 4 N–H and O–H groups in total. The molecule has 2 aromatic rings. The lowest BCUT2D eigenvalue weighted by molar-refractivity contribution is 0.482. The third-order valence-corrected chi connectivity index (χ3v) is 2.97. The molecule has 104 valence electrons. The maximum Gasteiger partial charge on any atom is 0.125 e. The summed E-state index contributed by atoms with van der Waals surface area (Å²) < 4.78 is 0. The summed E-state index contributed by atoms with van der Waals surface area (Å²) in [6.07, 6.45) is 2.44. The summed E-state index contributed by atoms with van der Waals surface area (Å²) in [5.41, 5.74) is 8.93. The molecular formula is C15H21ClN2O. The van der Waals surface area contributed by atoms with Crippen LogP contribution in [0.15, 0.2) is 24.3 Å². The molecule has 3 rings (SSSR count). The van der Waals surface area contributed by atoms with Crippen molar-refractivity contribution in [3.8, 4) is 5.75 Å². The molecule has 1 heterocycles. The van der Waals surface area contributed by atoms with E-state index in [2.05, 4.69) is 16.9 Å². The van der Waals surface area contributed by atoms with Gasteiger partial charge in [-0.05, 0) is 18.1 Å². The lowest BCUT2D eigenvalue weighted by atomic mass is 10.00. The van der Waals surface area contributed by atoms with Crippen LogP contribution in [0.25, 0.3) is 10.8 Å². The highest BCUT2D eigenvalue weighted by atomic mass is 35.5. The molecule has 1 aliphatic heterocycles. The number of hydrogen-bond donors (Lipinski definition) is 3. The number of anilines is 2. The molecule has 0 saturated carbocycles. The standard InChI is InChI=1S/C12H12N2O.C2H6.CH3Cl/c13-9-3-1-2-8-11(15)6-10-7(12(8)9)4-5-14-10;2*1-2/h1-3,6,14-15H,4-5,13H2;1-2H3;1H3. The average Bonchev–Trinajstić information content (AvgIpc) is 2.91. The molecule has 0 aliphatic carbocycles. The number of rotatable bonds is 0. The third kappa shape index (κ3) is 2.87. The summed E-state index contributed by atoms with van der Waals surface area (Å²) in [7, 11) is 0. The molecule has 0 unspecified atom stereocenters. The predicted octanol–water partition coefficient (Wildman–Crippen LogP) is 3.98. The van der Waals surface area contributed by atoms with Gasteiger partial charge >= 0.3 is 0 Å². The summed E-state index contributed by atoms with van der Waals surface area (Å²) in [5.74, 6) is 0.297. The topological polar surface area (TPSA) is 58.3 Å². The number of hydrogen-bond acceptors (Lipinski definition) is 3. The zero-order chi connectivity index (χ0) is 14.4. The fraction of sp³-hybridized carbons (Fsp3) is 0.333. The summed E-state index contributed by atoms with van der Waals surface area (Å²) >= 11 is 4.64. The quantitative estimate of drug-likeness (QED) is 0.505. The van der Waals surface area contributed by atoms with E-state index in [9.17, 15) is 5.11 Å². The number of fused-ring (bicyclic) bond motifs is 3. The van der Waals surface area contributed by atoms with Gasteiger partial charge in [-0.15, -0.1) is 11.6 Å². The van der Waals surface area contributed by atoms with Crippen molar-refractivity contribution in [2.45, 2.75) is 20.3 Å². The van der Waals surface area contributed by atoms with Crippen LogP contribution < -0.4 is 11.1 Å². The maximum absolute atomic E-state index is 9.86. The molecular weight excluding hydrogens is 260 g/mol. The van der Waals surface area contributed by atoms with Crippen molar-refractivity contribution < 1.29 is 5.11 Å². The number of phenols is 1. The largest absolute Gasteiger partial charge is 0.507 e.